The van der Waals surface area contributed by atoms with Crippen molar-refractivity contribution in [1.29, 1.82) is 0 Å². The molecule has 1 unspecified atom stereocenters. The minimum absolute atomic E-state index is 0.157. The van der Waals surface area contributed by atoms with Crippen molar-refractivity contribution < 1.29 is 14.3 Å². The van der Waals surface area contributed by atoms with E-state index in [1.165, 1.54) is 0 Å². The Bertz CT molecular complexity index is 910. The number of amides is 2. The summed E-state index contributed by atoms with van der Waals surface area (Å²) in [4.78, 5) is 24.2. The minimum Gasteiger partial charge on any atom is -0.457 e. The van der Waals surface area contributed by atoms with Gasteiger partial charge in [0.2, 0.25) is 11.8 Å². The van der Waals surface area contributed by atoms with Crippen LogP contribution in [0, 0.1) is 0 Å². The minimum atomic E-state index is -0.366. The molecule has 0 radical (unpaired) electrons. The molecule has 0 aromatic heterocycles. The largest absolute Gasteiger partial charge is 0.457 e. The van der Waals surface area contributed by atoms with Gasteiger partial charge in [0, 0.05) is 5.69 Å². The van der Waals surface area contributed by atoms with Gasteiger partial charge in [0.1, 0.15) is 17.9 Å². The molecule has 28 heavy (non-hydrogen) atoms. The van der Waals surface area contributed by atoms with Gasteiger partial charge in [-0.1, -0.05) is 48.5 Å². The standard InChI is InChI=1S/C23H22N2O3/c1-17(18-8-4-2-5-9-18)24-22(26)16-23(27)25-19-12-14-21(15-13-19)28-20-10-6-3-7-11-20/h2-15,17H,16H2,1H3,(H,24,26)(H,25,27). The third-order valence-corrected chi connectivity index (χ3v) is 4.12. The third-order valence-electron chi connectivity index (χ3n) is 4.12. The van der Waals surface area contributed by atoms with Gasteiger partial charge in [0.05, 0.1) is 6.04 Å². The van der Waals surface area contributed by atoms with Crippen molar-refractivity contribution in [3.8, 4) is 11.5 Å². The van der Waals surface area contributed by atoms with Crippen LogP contribution in [0.15, 0.2) is 84.9 Å². The summed E-state index contributed by atoms with van der Waals surface area (Å²) in [7, 11) is 0. The van der Waals surface area contributed by atoms with Gasteiger partial charge in [0.15, 0.2) is 0 Å². The molecule has 0 aliphatic rings. The molecule has 2 N–H and O–H groups in total. The number of carbonyl (C=O) groups is 2. The second-order valence-corrected chi connectivity index (χ2v) is 6.36. The molecule has 3 aromatic carbocycles. The SMILES string of the molecule is CC(NC(=O)CC(=O)Nc1ccc(Oc2ccccc2)cc1)c1ccccc1. The van der Waals surface area contributed by atoms with E-state index in [0.717, 1.165) is 11.3 Å². The molecule has 0 spiro atoms. The summed E-state index contributed by atoms with van der Waals surface area (Å²) in [5, 5.41) is 5.55. The molecular formula is C23H22N2O3. The Kier molecular flexibility index (Phi) is 6.41. The first-order valence-electron chi connectivity index (χ1n) is 9.07. The first kappa shape index (κ1) is 19.2. The summed E-state index contributed by atoms with van der Waals surface area (Å²) in [6.45, 7) is 1.89. The van der Waals surface area contributed by atoms with E-state index in [1.807, 2.05) is 67.6 Å². The Hall–Kier alpha value is -3.60. The zero-order valence-electron chi connectivity index (χ0n) is 15.6. The number of rotatable bonds is 7. The van der Waals surface area contributed by atoms with Crippen LogP contribution >= 0.6 is 0 Å². The summed E-state index contributed by atoms with van der Waals surface area (Å²) >= 11 is 0. The molecule has 5 heteroatoms. The van der Waals surface area contributed by atoms with Gasteiger partial charge in [-0.05, 0) is 48.9 Å². The second-order valence-electron chi connectivity index (χ2n) is 6.36. The fourth-order valence-corrected chi connectivity index (χ4v) is 2.70. The van der Waals surface area contributed by atoms with Gasteiger partial charge in [-0.2, -0.15) is 0 Å². The molecule has 5 nitrogen and oxygen atoms in total. The number of hydrogen-bond donors (Lipinski definition) is 2. The van der Waals surface area contributed by atoms with Crippen molar-refractivity contribution in [3.05, 3.63) is 90.5 Å². The summed E-state index contributed by atoms with van der Waals surface area (Å²) in [5.74, 6) is 0.717. The lowest BCUT2D eigenvalue weighted by atomic mass is 10.1. The Morgan fingerprint density at radius 2 is 1.36 bits per heavy atom. The predicted octanol–water partition coefficient (Wildman–Crippen LogP) is 4.68. The highest BCUT2D eigenvalue weighted by molar-refractivity contribution is 6.03. The molecule has 3 rings (SSSR count). The first-order chi connectivity index (χ1) is 13.6. The lowest BCUT2D eigenvalue weighted by Crippen LogP contribution is -2.30. The number of carbonyl (C=O) groups excluding carboxylic acids is 2. The number of benzene rings is 3. The van der Waals surface area contributed by atoms with E-state index in [0.29, 0.717) is 11.4 Å². The molecule has 0 saturated heterocycles. The number of nitrogens with one attached hydrogen (secondary N) is 2. The normalized spacial score (nSPS) is 11.3. The summed E-state index contributed by atoms with van der Waals surface area (Å²) in [5.41, 5.74) is 1.60. The van der Waals surface area contributed by atoms with E-state index in [2.05, 4.69) is 10.6 Å². The van der Waals surface area contributed by atoms with Gasteiger partial charge in [-0.15, -0.1) is 0 Å². The van der Waals surface area contributed by atoms with E-state index in [-0.39, 0.29) is 24.3 Å². The van der Waals surface area contributed by atoms with Gasteiger partial charge in [-0.3, -0.25) is 9.59 Å². The van der Waals surface area contributed by atoms with Gasteiger partial charge in [0.25, 0.3) is 0 Å². The monoisotopic (exact) mass is 374 g/mol. The van der Waals surface area contributed by atoms with E-state index in [9.17, 15) is 9.59 Å². The molecule has 0 saturated carbocycles. The van der Waals surface area contributed by atoms with Crippen LogP contribution in [0.4, 0.5) is 5.69 Å². The molecule has 0 fully saturated rings. The van der Waals surface area contributed by atoms with Crippen molar-refractivity contribution in [3.63, 3.8) is 0 Å². The quantitative estimate of drug-likeness (QED) is 0.590. The maximum absolute atomic E-state index is 12.1. The number of hydrogen-bond acceptors (Lipinski definition) is 3. The number of para-hydroxylation sites is 1. The summed E-state index contributed by atoms with van der Waals surface area (Å²) in [6.07, 6.45) is -0.237. The molecule has 0 heterocycles. The highest BCUT2D eigenvalue weighted by Crippen LogP contribution is 2.22. The molecule has 0 aliphatic carbocycles. The molecule has 142 valence electrons. The predicted molar refractivity (Wildman–Crippen MR) is 109 cm³/mol. The fraction of sp³-hybridized carbons (Fsp3) is 0.130. The summed E-state index contributed by atoms with van der Waals surface area (Å²) < 4.78 is 5.71. The van der Waals surface area contributed by atoms with Crippen molar-refractivity contribution in [2.24, 2.45) is 0 Å². The van der Waals surface area contributed by atoms with E-state index >= 15 is 0 Å². The zero-order valence-corrected chi connectivity index (χ0v) is 15.6. The molecule has 1 atom stereocenters. The lowest BCUT2D eigenvalue weighted by Gasteiger charge is -2.14. The van der Waals surface area contributed by atoms with E-state index in [4.69, 9.17) is 4.74 Å². The van der Waals surface area contributed by atoms with Crippen molar-refractivity contribution in [1.82, 2.24) is 5.32 Å². The molecule has 3 aromatic rings. The lowest BCUT2D eigenvalue weighted by molar-refractivity contribution is -0.127. The van der Waals surface area contributed by atoms with Gasteiger partial charge < -0.3 is 15.4 Å². The zero-order chi connectivity index (χ0) is 19.8. The third kappa shape index (κ3) is 5.71. The van der Waals surface area contributed by atoms with Crippen LogP contribution in [0.3, 0.4) is 0 Å². The van der Waals surface area contributed by atoms with Crippen LogP contribution in [-0.2, 0) is 9.59 Å². The average Bonchev–Trinajstić information content (AvgIpc) is 2.70. The molecule has 2 amide bonds. The molecular weight excluding hydrogens is 352 g/mol. The smallest absolute Gasteiger partial charge is 0.233 e. The first-order valence-corrected chi connectivity index (χ1v) is 9.07. The van der Waals surface area contributed by atoms with Crippen LogP contribution in [0.1, 0.15) is 24.9 Å². The highest BCUT2D eigenvalue weighted by Gasteiger charge is 2.13. The maximum atomic E-state index is 12.1. The number of anilines is 1. The summed E-state index contributed by atoms with van der Waals surface area (Å²) in [6, 6.07) is 25.9. The Morgan fingerprint density at radius 3 is 2.00 bits per heavy atom. The fourth-order valence-electron chi connectivity index (χ4n) is 2.70. The second kappa shape index (κ2) is 9.37. The Balaban J connectivity index is 1.48. The number of ether oxygens (including phenoxy) is 1. The van der Waals surface area contributed by atoms with E-state index < -0.39 is 0 Å². The van der Waals surface area contributed by atoms with Crippen molar-refractivity contribution in [2.45, 2.75) is 19.4 Å². The topological polar surface area (TPSA) is 67.4 Å². The molecule has 0 bridgehead atoms. The Labute approximate surface area is 164 Å². The van der Waals surface area contributed by atoms with Gasteiger partial charge >= 0.3 is 0 Å². The van der Waals surface area contributed by atoms with Gasteiger partial charge in [-0.25, -0.2) is 0 Å². The van der Waals surface area contributed by atoms with Crippen molar-refractivity contribution in [2.75, 3.05) is 5.32 Å². The van der Waals surface area contributed by atoms with Crippen LogP contribution < -0.4 is 15.4 Å². The van der Waals surface area contributed by atoms with E-state index in [1.54, 1.807) is 24.3 Å². The van der Waals surface area contributed by atoms with Crippen LogP contribution in [0.2, 0.25) is 0 Å². The molecule has 0 aliphatic heterocycles. The van der Waals surface area contributed by atoms with Crippen molar-refractivity contribution >= 4 is 17.5 Å². The highest BCUT2D eigenvalue weighted by atomic mass is 16.5. The maximum Gasteiger partial charge on any atom is 0.233 e. The Morgan fingerprint density at radius 1 is 0.786 bits per heavy atom. The van der Waals surface area contributed by atoms with Crippen LogP contribution in [-0.4, -0.2) is 11.8 Å². The van der Waals surface area contributed by atoms with Crippen LogP contribution in [0.25, 0.3) is 0 Å². The van der Waals surface area contributed by atoms with Crippen LogP contribution in [0.5, 0.6) is 11.5 Å². The average molecular weight is 374 g/mol.